The van der Waals surface area contributed by atoms with E-state index in [9.17, 15) is 8.42 Å². The van der Waals surface area contributed by atoms with Gasteiger partial charge in [-0.1, -0.05) is 22.0 Å². The van der Waals surface area contributed by atoms with Crippen LogP contribution in [0.25, 0.3) is 0 Å². The first-order valence-corrected chi connectivity index (χ1v) is 7.81. The van der Waals surface area contributed by atoms with Gasteiger partial charge in [0.2, 0.25) is 6.54 Å². The molecule has 1 aliphatic heterocycles. The van der Waals surface area contributed by atoms with Gasteiger partial charge in [-0.05, 0) is 30.3 Å². The van der Waals surface area contributed by atoms with E-state index in [1.807, 2.05) is 25.5 Å². The molecule has 1 aromatic carbocycles. The Labute approximate surface area is 120 Å². The minimum atomic E-state index is -3.83. The maximum Gasteiger partial charge on any atom is 0.373 e. The number of hydrogen-bond acceptors (Lipinski definition) is 3. The molecule has 1 aliphatic rings. The lowest BCUT2D eigenvalue weighted by atomic mass is 10.2. The third kappa shape index (κ3) is 2.54. The lowest BCUT2D eigenvalue weighted by Crippen LogP contribution is -2.46. The van der Waals surface area contributed by atoms with Gasteiger partial charge in [0.1, 0.15) is 13.2 Å². The highest BCUT2D eigenvalue weighted by atomic mass is 32.2. The summed E-state index contributed by atoms with van der Waals surface area (Å²) in [5.41, 5.74) is 1.00. The van der Waals surface area contributed by atoms with Crippen molar-refractivity contribution < 1.29 is 21.9 Å². The van der Waals surface area contributed by atoms with Crippen molar-refractivity contribution >= 4 is 16.0 Å². The lowest BCUT2D eigenvalue weighted by Gasteiger charge is -2.21. The Hall–Kier alpha value is -1.50. The Kier molecular flexibility index (Phi) is 3.82. The van der Waals surface area contributed by atoms with Gasteiger partial charge in [-0.15, -0.1) is 0 Å². The van der Waals surface area contributed by atoms with Gasteiger partial charge in [0.25, 0.3) is 0 Å². The van der Waals surface area contributed by atoms with E-state index in [2.05, 4.69) is 6.58 Å². The highest BCUT2D eigenvalue weighted by Gasteiger charge is 2.48. The van der Waals surface area contributed by atoms with Crippen LogP contribution in [-0.2, 0) is 14.4 Å². The van der Waals surface area contributed by atoms with Crippen LogP contribution in [0, 0.1) is 6.92 Å². The maximum absolute atomic E-state index is 12.4. The van der Waals surface area contributed by atoms with Crippen LogP contribution in [0.3, 0.4) is 0 Å². The number of amidine groups is 1. The van der Waals surface area contributed by atoms with Crippen molar-refractivity contribution in [2.24, 2.45) is 0 Å². The zero-order chi connectivity index (χ0) is 15.0. The molecule has 0 aromatic heterocycles. The van der Waals surface area contributed by atoms with Crippen LogP contribution in [-0.4, -0.2) is 43.6 Å². The van der Waals surface area contributed by atoms with E-state index in [-0.39, 0.29) is 9.54 Å². The summed E-state index contributed by atoms with van der Waals surface area (Å²) < 4.78 is 32.0. The van der Waals surface area contributed by atoms with Gasteiger partial charge in [-0.25, -0.2) is 0 Å². The zero-order valence-electron chi connectivity index (χ0n) is 12.0. The van der Waals surface area contributed by atoms with Crippen LogP contribution < -0.4 is 0 Å². The average molecular weight is 296 g/mol. The number of benzene rings is 1. The molecule has 1 atom stereocenters. The number of aryl methyl sites for hydroxylation is 1. The van der Waals surface area contributed by atoms with E-state index in [4.69, 9.17) is 4.28 Å². The topological polar surface area (TPSA) is 46.4 Å². The molecule has 0 saturated carbocycles. The molecule has 0 N–H and O–H groups in total. The fourth-order valence-corrected chi connectivity index (χ4v) is 3.33. The molecule has 0 amide bonds. The summed E-state index contributed by atoms with van der Waals surface area (Å²) in [4.78, 5) is 0.157. The smallest absolute Gasteiger partial charge is 0.189 e. The first-order chi connectivity index (χ1) is 9.31. The maximum atomic E-state index is 12.4. The third-order valence-corrected chi connectivity index (χ3v) is 5.02. The molecule has 2 rings (SSSR count). The largest absolute Gasteiger partial charge is 0.373 e. The van der Waals surface area contributed by atoms with E-state index in [1.165, 1.54) is 6.20 Å². The Bertz CT molecular complexity index is 662. The molecule has 1 aromatic rings. The van der Waals surface area contributed by atoms with Crippen LogP contribution >= 0.6 is 0 Å². The number of likely N-dealkylation sites (N-methyl/N-ethyl adjacent to an activating group) is 1. The summed E-state index contributed by atoms with van der Waals surface area (Å²) >= 11 is 0. The van der Waals surface area contributed by atoms with Crippen molar-refractivity contribution in [3.05, 3.63) is 42.6 Å². The van der Waals surface area contributed by atoms with E-state index in [0.717, 1.165) is 17.9 Å². The van der Waals surface area contributed by atoms with Gasteiger partial charge >= 0.3 is 16.0 Å². The number of rotatable bonds is 4. The molecule has 0 radical (unpaired) electrons. The number of nitrogens with zero attached hydrogens (tertiary/aromatic N) is 2. The summed E-state index contributed by atoms with van der Waals surface area (Å²) in [7, 11) is -1.93. The number of quaternary nitrogens is 1. The SMILES string of the molecule is C=C[N+]1(OS(=O)(=O)c2ccc(C)cc2)CC[N+](C)=C1C. The molecular weight excluding hydrogens is 276 g/mol. The molecule has 0 saturated heterocycles. The Morgan fingerprint density at radius 3 is 2.35 bits per heavy atom. The molecule has 0 aliphatic carbocycles. The summed E-state index contributed by atoms with van der Waals surface area (Å²) in [6, 6.07) is 6.61. The Morgan fingerprint density at radius 2 is 1.90 bits per heavy atom. The summed E-state index contributed by atoms with van der Waals surface area (Å²) in [6.45, 7) is 8.73. The van der Waals surface area contributed by atoms with Crippen LogP contribution in [0.1, 0.15) is 12.5 Å². The molecule has 1 heterocycles. The predicted molar refractivity (Wildman–Crippen MR) is 76.5 cm³/mol. The fraction of sp³-hybridized carbons (Fsp3) is 0.357. The first kappa shape index (κ1) is 14.9. The second-order valence-corrected chi connectivity index (χ2v) is 6.54. The summed E-state index contributed by atoms with van der Waals surface area (Å²) in [5, 5.41) is 0. The van der Waals surface area contributed by atoms with Crippen molar-refractivity contribution in [1.82, 2.24) is 0 Å². The van der Waals surface area contributed by atoms with Crippen molar-refractivity contribution in [2.75, 3.05) is 20.1 Å². The van der Waals surface area contributed by atoms with Crippen LogP contribution in [0.2, 0.25) is 0 Å². The second kappa shape index (κ2) is 5.12. The zero-order valence-corrected chi connectivity index (χ0v) is 12.9. The molecule has 0 bridgehead atoms. The highest BCUT2D eigenvalue weighted by Crippen LogP contribution is 2.23. The molecule has 0 spiro atoms. The van der Waals surface area contributed by atoms with E-state index in [1.54, 1.807) is 24.3 Å². The Morgan fingerprint density at radius 1 is 1.30 bits per heavy atom. The van der Waals surface area contributed by atoms with Crippen LogP contribution in [0.15, 0.2) is 41.9 Å². The first-order valence-electron chi connectivity index (χ1n) is 6.40. The molecule has 20 heavy (non-hydrogen) atoms. The van der Waals surface area contributed by atoms with Gasteiger partial charge in [-0.3, -0.25) is 0 Å². The quantitative estimate of drug-likeness (QED) is 0.627. The number of hydroxylamine groups is 3. The predicted octanol–water partition coefficient (Wildman–Crippen LogP) is 1.65. The minimum Gasteiger partial charge on any atom is -0.189 e. The molecule has 6 heteroatoms. The minimum absolute atomic E-state index is 0.157. The third-order valence-electron chi connectivity index (χ3n) is 3.70. The van der Waals surface area contributed by atoms with Gasteiger partial charge in [0.05, 0.1) is 11.8 Å². The van der Waals surface area contributed by atoms with Gasteiger partial charge in [0.15, 0.2) is 6.54 Å². The summed E-state index contributed by atoms with van der Waals surface area (Å²) in [6.07, 6.45) is 1.52. The molecule has 1 unspecified atom stereocenters. The standard InChI is InChI=1S/C14H20N2O3S/c1-5-16(11-10-15(4)13(16)3)19-20(17,18)14-8-6-12(2)7-9-14/h5-9H,1,10-11H2,2-4H3/q+2. The molecule has 108 valence electrons. The fourth-order valence-electron chi connectivity index (χ4n) is 2.18. The van der Waals surface area contributed by atoms with E-state index in [0.29, 0.717) is 6.54 Å². The van der Waals surface area contributed by atoms with Gasteiger partial charge in [-0.2, -0.15) is 13.0 Å². The van der Waals surface area contributed by atoms with E-state index < -0.39 is 10.1 Å². The van der Waals surface area contributed by atoms with Crippen molar-refractivity contribution in [3.8, 4) is 0 Å². The van der Waals surface area contributed by atoms with Crippen LogP contribution in [0.5, 0.6) is 0 Å². The van der Waals surface area contributed by atoms with E-state index >= 15 is 0 Å². The monoisotopic (exact) mass is 296 g/mol. The average Bonchev–Trinajstić information content (AvgIpc) is 2.68. The lowest BCUT2D eigenvalue weighted by molar-refractivity contribution is -0.961. The van der Waals surface area contributed by atoms with Gasteiger partial charge < -0.3 is 0 Å². The number of hydrogen-bond donors (Lipinski definition) is 0. The van der Waals surface area contributed by atoms with Gasteiger partial charge in [0, 0.05) is 0 Å². The molecule has 0 fully saturated rings. The molecular formula is C14H20N2O3S+2. The van der Waals surface area contributed by atoms with Crippen LogP contribution in [0.4, 0.5) is 0 Å². The van der Waals surface area contributed by atoms with Crippen molar-refractivity contribution in [3.63, 3.8) is 0 Å². The van der Waals surface area contributed by atoms with Crippen molar-refractivity contribution in [2.45, 2.75) is 18.7 Å². The normalized spacial score (nSPS) is 23.1. The second-order valence-electron chi connectivity index (χ2n) is 5.01. The highest BCUT2D eigenvalue weighted by molar-refractivity contribution is 7.86. The summed E-state index contributed by atoms with van der Waals surface area (Å²) in [5.74, 6) is 0.802. The molecule has 5 nitrogen and oxygen atoms in total. The Balaban J connectivity index is 2.37. The van der Waals surface area contributed by atoms with Crippen molar-refractivity contribution in [1.29, 1.82) is 0 Å².